The second-order valence-electron chi connectivity index (χ2n) is 6.65. The molecule has 0 aliphatic carbocycles. The maximum Gasteiger partial charge on any atom is 0.269 e. The number of allylic oxidation sites excluding steroid dienone is 1. The number of nitrogens with one attached hydrogen (secondary N) is 1. The fourth-order valence-corrected chi connectivity index (χ4v) is 3.59. The van der Waals surface area contributed by atoms with Gasteiger partial charge in [0.25, 0.3) is 5.69 Å². The summed E-state index contributed by atoms with van der Waals surface area (Å²) in [5.74, 6) is 0.573. The lowest BCUT2D eigenvalue weighted by molar-refractivity contribution is -0.384. The number of aromatic amines is 1. The first-order valence-corrected chi connectivity index (χ1v) is 9.11. The van der Waals surface area contributed by atoms with Crippen LogP contribution in [0.15, 0.2) is 53.9 Å². The third kappa shape index (κ3) is 3.28. The number of benzene rings is 2. The predicted octanol–water partition coefficient (Wildman–Crippen LogP) is 3.22. The first kappa shape index (κ1) is 19.8. The van der Waals surface area contributed by atoms with E-state index in [0.29, 0.717) is 33.9 Å². The van der Waals surface area contributed by atoms with Gasteiger partial charge in [-0.25, -0.2) is 0 Å². The van der Waals surface area contributed by atoms with Crippen molar-refractivity contribution in [3.8, 4) is 34.7 Å². The van der Waals surface area contributed by atoms with E-state index in [1.54, 1.807) is 30.3 Å². The zero-order valence-electron chi connectivity index (χ0n) is 16.6. The molecule has 10 nitrogen and oxygen atoms in total. The second-order valence-corrected chi connectivity index (χ2v) is 6.65. The Bertz CT molecular complexity index is 1240. The Labute approximate surface area is 176 Å². The number of nitriles is 1. The maximum absolute atomic E-state index is 11.0. The Morgan fingerprint density at radius 1 is 1.23 bits per heavy atom. The number of non-ortho nitro benzene ring substituents is 1. The average Bonchev–Trinajstić information content (AvgIpc) is 3.20. The van der Waals surface area contributed by atoms with E-state index >= 15 is 0 Å². The fourth-order valence-electron chi connectivity index (χ4n) is 3.59. The SMILES string of the molecule is COc1ccc(OC)c([C@@H]2C(C#N)=C(N)Oc3n[nH]c(-c4ccc([N+](=O)[O-])cc4)c32)c1. The quantitative estimate of drug-likeness (QED) is 0.473. The summed E-state index contributed by atoms with van der Waals surface area (Å²) < 4.78 is 16.5. The topological polar surface area (TPSA) is 149 Å². The van der Waals surface area contributed by atoms with Crippen LogP contribution < -0.4 is 19.9 Å². The number of rotatable bonds is 5. The van der Waals surface area contributed by atoms with Crippen LogP contribution in [-0.4, -0.2) is 29.3 Å². The number of fused-ring (bicyclic) bond motifs is 1. The molecule has 2 heterocycles. The van der Waals surface area contributed by atoms with Crippen LogP contribution in [0, 0.1) is 21.4 Å². The summed E-state index contributed by atoms with van der Waals surface area (Å²) in [6.07, 6.45) is 0. The zero-order valence-corrected chi connectivity index (χ0v) is 16.6. The van der Waals surface area contributed by atoms with Gasteiger partial charge in [-0.3, -0.25) is 15.2 Å². The summed E-state index contributed by atoms with van der Waals surface area (Å²) in [5, 5.41) is 28.0. The summed E-state index contributed by atoms with van der Waals surface area (Å²) in [5.41, 5.74) is 8.54. The van der Waals surface area contributed by atoms with E-state index in [4.69, 9.17) is 19.9 Å². The molecule has 4 rings (SSSR count). The molecule has 3 aromatic rings. The van der Waals surface area contributed by atoms with Crippen molar-refractivity contribution in [3.63, 3.8) is 0 Å². The molecule has 0 unspecified atom stereocenters. The fraction of sp³-hybridized carbons (Fsp3) is 0.143. The summed E-state index contributed by atoms with van der Waals surface area (Å²) in [7, 11) is 3.06. The standard InChI is InChI=1S/C21H17N5O5/c1-29-13-7-8-16(30-2)14(9-13)17-15(10-22)20(23)31-21-18(17)19(24-25-21)11-3-5-12(6-4-11)26(27)28/h3-9,17H,23H2,1-2H3,(H,24,25)/t17-/m1/s1. The van der Waals surface area contributed by atoms with E-state index in [2.05, 4.69) is 16.3 Å². The first-order chi connectivity index (χ1) is 15.0. The Morgan fingerprint density at radius 3 is 2.58 bits per heavy atom. The van der Waals surface area contributed by atoms with Gasteiger partial charge in [0.05, 0.1) is 36.3 Å². The molecule has 31 heavy (non-hydrogen) atoms. The van der Waals surface area contributed by atoms with Crippen LogP contribution in [0.4, 0.5) is 5.69 Å². The normalized spacial score (nSPS) is 14.9. The van der Waals surface area contributed by atoms with Crippen LogP contribution in [0.2, 0.25) is 0 Å². The van der Waals surface area contributed by atoms with Gasteiger partial charge in [-0.15, -0.1) is 5.10 Å². The lowest BCUT2D eigenvalue weighted by Crippen LogP contribution is -2.21. The number of hydrogen-bond acceptors (Lipinski definition) is 8. The lowest BCUT2D eigenvalue weighted by Gasteiger charge is -2.25. The lowest BCUT2D eigenvalue weighted by atomic mass is 9.82. The second kappa shape index (κ2) is 7.72. The number of nitrogens with zero attached hydrogens (tertiary/aromatic N) is 3. The van der Waals surface area contributed by atoms with E-state index in [1.807, 2.05) is 0 Å². The van der Waals surface area contributed by atoms with Crippen molar-refractivity contribution in [1.29, 1.82) is 5.26 Å². The molecule has 0 fully saturated rings. The molecule has 0 radical (unpaired) electrons. The van der Waals surface area contributed by atoms with Crippen molar-refractivity contribution in [2.24, 2.45) is 5.73 Å². The van der Waals surface area contributed by atoms with Crippen LogP contribution in [-0.2, 0) is 0 Å². The number of H-pyrrole nitrogens is 1. The van der Waals surface area contributed by atoms with E-state index in [1.165, 1.54) is 26.4 Å². The largest absolute Gasteiger partial charge is 0.497 e. The van der Waals surface area contributed by atoms with Gasteiger partial charge in [-0.05, 0) is 30.3 Å². The van der Waals surface area contributed by atoms with Crippen molar-refractivity contribution >= 4 is 5.69 Å². The number of aromatic nitrogens is 2. The summed E-state index contributed by atoms with van der Waals surface area (Å²) in [6.45, 7) is 0. The van der Waals surface area contributed by atoms with Gasteiger partial charge in [-0.1, -0.05) is 0 Å². The van der Waals surface area contributed by atoms with Crippen molar-refractivity contribution in [1.82, 2.24) is 10.2 Å². The number of nitro groups is 1. The van der Waals surface area contributed by atoms with E-state index in [9.17, 15) is 15.4 Å². The monoisotopic (exact) mass is 419 g/mol. The predicted molar refractivity (Wildman–Crippen MR) is 110 cm³/mol. The molecule has 0 amide bonds. The highest BCUT2D eigenvalue weighted by Crippen LogP contribution is 2.48. The molecule has 1 aliphatic rings. The highest BCUT2D eigenvalue weighted by molar-refractivity contribution is 5.72. The van der Waals surface area contributed by atoms with Gasteiger partial charge in [0.2, 0.25) is 11.8 Å². The minimum atomic E-state index is -0.664. The molecular formula is C21H17N5O5. The molecule has 1 aromatic heterocycles. The van der Waals surface area contributed by atoms with Crippen LogP contribution in [0.5, 0.6) is 17.4 Å². The minimum Gasteiger partial charge on any atom is -0.497 e. The number of methoxy groups -OCH3 is 2. The number of nitrogens with two attached hydrogens (primary N) is 1. The third-order valence-electron chi connectivity index (χ3n) is 5.05. The van der Waals surface area contributed by atoms with Crippen molar-refractivity contribution < 1.29 is 19.1 Å². The van der Waals surface area contributed by atoms with E-state index < -0.39 is 10.8 Å². The Morgan fingerprint density at radius 2 is 1.97 bits per heavy atom. The van der Waals surface area contributed by atoms with Gasteiger partial charge in [0, 0.05) is 23.3 Å². The van der Waals surface area contributed by atoms with E-state index in [-0.39, 0.29) is 23.0 Å². The van der Waals surface area contributed by atoms with Gasteiger partial charge in [-0.2, -0.15) is 5.26 Å². The molecular weight excluding hydrogens is 402 g/mol. The van der Waals surface area contributed by atoms with Crippen LogP contribution >= 0.6 is 0 Å². The van der Waals surface area contributed by atoms with Crippen LogP contribution in [0.25, 0.3) is 11.3 Å². The molecule has 10 heteroatoms. The number of hydrogen-bond donors (Lipinski definition) is 2. The average molecular weight is 419 g/mol. The van der Waals surface area contributed by atoms with Gasteiger partial charge >= 0.3 is 0 Å². The molecule has 1 atom stereocenters. The molecule has 0 bridgehead atoms. The molecule has 2 aromatic carbocycles. The molecule has 0 saturated heterocycles. The Hall–Kier alpha value is -4.52. The van der Waals surface area contributed by atoms with Gasteiger partial charge in [0.15, 0.2) is 0 Å². The third-order valence-corrected chi connectivity index (χ3v) is 5.05. The zero-order chi connectivity index (χ0) is 22.1. The summed E-state index contributed by atoms with van der Waals surface area (Å²) in [4.78, 5) is 10.5. The molecule has 3 N–H and O–H groups in total. The van der Waals surface area contributed by atoms with Crippen LogP contribution in [0.1, 0.15) is 17.0 Å². The smallest absolute Gasteiger partial charge is 0.269 e. The first-order valence-electron chi connectivity index (χ1n) is 9.11. The molecule has 1 aliphatic heterocycles. The molecule has 0 saturated carbocycles. The van der Waals surface area contributed by atoms with Crippen molar-refractivity contribution in [3.05, 3.63) is 75.2 Å². The van der Waals surface area contributed by atoms with Crippen molar-refractivity contribution in [2.45, 2.75) is 5.92 Å². The molecule has 0 spiro atoms. The van der Waals surface area contributed by atoms with Crippen molar-refractivity contribution in [2.75, 3.05) is 14.2 Å². The van der Waals surface area contributed by atoms with Gasteiger partial charge < -0.3 is 19.9 Å². The Balaban J connectivity index is 1.95. The Kier molecular flexibility index (Phi) is 4.92. The minimum absolute atomic E-state index is 0.0405. The molecule has 156 valence electrons. The van der Waals surface area contributed by atoms with Crippen LogP contribution in [0.3, 0.4) is 0 Å². The summed E-state index contributed by atoms with van der Waals surface area (Å²) in [6, 6.07) is 13.3. The summed E-state index contributed by atoms with van der Waals surface area (Å²) >= 11 is 0. The van der Waals surface area contributed by atoms with Gasteiger partial charge in [0.1, 0.15) is 23.1 Å². The maximum atomic E-state index is 11.0. The number of ether oxygens (including phenoxy) is 3. The highest BCUT2D eigenvalue weighted by Gasteiger charge is 2.37. The highest BCUT2D eigenvalue weighted by atomic mass is 16.6. The number of nitro benzene ring substituents is 1. The van der Waals surface area contributed by atoms with E-state index in [0.717, 1.165) is 0 Å².